The first-order valence-electron chi connectivity index (χ1n) is 8.87. The van der Waals surface area contributed by atoms with Crippen molar-refractivity contribution in [3.05, 3.63) is 24.3 Å². The molecule has 2 atom stereocenters. The van der Waals surface area contributed by atoms with Crippen molar-refractivity contribution < 1.29 is 13.9 Å². The summed E-state index contributed by atoms with van der Waals surface area (Å²) in [5.41, 5.74) is 1.08. The van der Waals surface area contributed by atoms with Crippen LogP contribution < -0.4 is 10.1 Å². The average molecular weight is 352 g/mol. The summed E-state index contributed by atoms with van der Waals surface area (Å²) >= 11 is 0. The first kappa shape index (κ1) is 19.3. The van der Waals surface area contributed by atoms with Crippen LogP contribution in [0.1, 0.15) is 33.6 Å². The number of rotatable bonds is 6. The third kappa shape index (κ3) is 5.23. The minimum Gasteiger partial charge on any atom is -0.497 e. The minimum atomic E-state index is -1.69. The molecule has 0 saturated carbocycles. The predicted octanol–water partition coefficient (Wildman–Crippen LogP) is 4.68. The van der Waals surface area contributed by atoms with Crippen LogP contribution in [0.2, 0.25) is 18.1 Å². The van der Waals surface area contributed by atoms with Gasteiger partial charge >= 0.3 is 0 Å². The molecule has 136 valence electrons. The summed E-state index contributed by atoms with van der Waals surface area (Å²) in [6.07, 6.45) is 2.36. The second-order valence-corrected chi connectivity index (χ2v) is 13.0. The van der Waals surface area contributed by atoms with Crippen molar-refractivity contribution in [3.8, 4) is 5.75 Å². The monoisotopic (exact) mass is 351 g/mol. The zero-order valence-electron chi connectivity index (χ0n) is 16.0. The molecule has 1 saturated heterocycles. The van der Waals surface area contributed by atoms with Crippen molar-refractivity contribution in [2.24, 2.45) is 0 Å². The Morgan fingerprint density at radius 1 is 1.25 bits per heavy atom. The van der Waals surface area contributed by atoms with Gasteiger partial charge in [0, 0.05) is 17.8 Å². The Labute approximate surface area is 148 Å². The summed E-state index contributed by atoms with van der Waals surface area (Å²) in [6, 6.07) is 8.39. The fourth-order valence-corrected chi connectivity index (χ4v) is 3.55. The average Bonchev–Trinajstić information content (AvgIpc) is 2.53. The van der Waals surface area contributed by atoms with Crippen molar-refractivity contribution in [3.63, 3.8) is 0 Å². The fourth-order valence-electron chi connectivity index (χ4n) is 2.52. The highest BCUT2D eigenvalue weighted by Crippen LogP contribution is 2.37. The molecule has 1 aromatic rings. The molecule has 24 heavy (non-hydrogen) atoms. The van der Waals surface area contributed by atoms with Gasteiger partial charge in [0.05, 0.1) is 26.4 Å². The highest BCUT2D eigenvalue weighted by Gasteiger charge is 2.38. The Kier molecular flexibility index (Phi) is 6.34. The van der Waals surface area contributed by atoms with Crippen molar-refractivity contribution in [2.45, 2.75) is 63.9 Å². The van der Waals surface area contributed by atoms with Crippen LogP contribution in [0.3, 0.4) is 0 Å². The van der Waals surface area contributed by atoms with Gasteiger partial charge in [0.1, 0.15) is 5.75 Å². The summed E-state index contributed by atoms with van der Waals surface area (Å²) < 4.78 is 17.6. The summed E-state index contributed by atoms with van der Waals surface area (Å²) in [5.74, 6) is 0.873. The largest absolute Gasteiger partial charge is 0.497 e. The van der Waals surface area contributed by atoms with Crippen LogP contribution in [0.25, 0.3) is 0 Å². The van der Waals surface area contributed by atoms with E-state index in [1.165, 1.54) is 0 Å². The minimum absolute atomic E-state index is 0.225. The Morgan fingerprint density at radius 3 is 2.58 bits per heavy atom. The van der Waals surface area contributed by atoms with E-state index in [0.717, 1.165) is 37.5 Å². The van der Waals surface area contributed by atoms with E-state index in [0.29, 0.717) is 6.04 Å². The lowest BCUT2D eigenvalue weighted by Gasteiger charge is -2.38. The van der Waals surface area contributed by atoms with Crippen molar-refractivity contribution in [2.75, 3.05) is 25.6 Å². The maximum atomic E-state index is 6.29. The first-order chi connectivity index (χ1) is 11.2. The number of hydrogen-bond donors (Lipinski definition) is 1. The fraction of sp³-hybridized carbons (Fsp3) is 0.684. The molecule has 0 radical (unpaired) electrons. The van der Waals surface area contributed by atoms with Crippen molar-refractivity contribution in [1.82, 2.24) is 0 Å². The molecule has 4 nitrogen and oxygen atoms in total. The molecular weight excluding hydrogens is 318 g/mol. The highest BCUT2D eigenvalue weighted by molar-refractivity contribution is 6.74. The van der Waals surface area contributed by atoms with Crippen LogP contribution in [0.4, 0.5) is 5.69 Å². The normalized spacial score (nSPS) is 22.2. The lowest BCUT2D eigenvalue weighted by molar-refractivity contribution is -0.0193. The Bertz CT molecular complexity index is 520. The third-order valence-electron chi connectivity index (χ3n) is 5.25. The number of benzene rings is 1. The molecule has 5 heteroatoms. The SMILES string of the molecule is COc1cccc(NC2CCC(CO[Si](C)(C)C(C)(C)C)OC2)c1. The van der Waals surface area contributed by atoms with Crippen molar-refractivity contribution in [1.29, 1.82) is 0 Å². The van der Waals surface area contributed by atoms with Crippen LogP contribution in [-0.2, 0) is 9.16 Å². The number of anilines is 1. The van der Waals surface area contributed by atoms with Gasteiger partial charge in [-0.25, -0.2) is 0 Å². The van der Waals surface area contributed by atoms with Gasteiger partial charge in [0.2, 0.25) is 0 Å². The van der Waals surface area contributed by atoms with Gasteiger partial charge in [0.25, 0.3) is 0 Å². The van der Waals surface area contributed by atoms with Crippen LogP contribution >= 0.6 is 0 Å². The second-order valence-electron chi connectivity index (χ2n) is 8.18. The van der Waals surface area contributed by atoms with E-state index >= 15 is 0 Å². The van der Waals surface area contributed by atoms with E-state index in [1.807, 2.05) is 18.2 Å². The quantitative estimate of drug-likeness (QED) is 0.756. The standard InChI is InChI=1S/C19H33NO3Si/c1-19(2,3)24(5,6)23-14-18-11-10-16(13-22-18)20-15-8-7-9-17(12-15)21-4/h7-9,12,16,18,20H,10-11,13-14H2,1-6H3. The number of ether oxygens (including phenoxy) is 2. The van der Waals surface area contributed by atoms with Gasteiger partial charge in [0.15, 0.2) is 8.32 Å². The Balaban J connectivity index is 1.77. The molecule has 0 aliphatic carbocycles. The van der Waals surface area contributed by atoms with E-state index in [1.54, 1.807) is 7.11 Å². The van der Waals surface area contributed by atoms with Crippen LogP contribution in [0.15, 0.2) is 24.3 Å². The molecular formula is C19H33NO3Si. The maximum Gasteiger partial charge on any atom is 0.192 e. The zero-order valence-corrected chi connectivity index (χ0v) is 17.0. The van der Waals surface area contributed by atoms with E-state index in [2.05, 4.69) is 45.2 Å². The summed E-state index contributed by atoms with van der Waals surface area (Å²) in [5, 5.41) is 3.78. The van der Waals surface area contributed by atoms with Gasteiger partial charge in [-0.3, -0.25) is 0 Å². The molecule has 1 heterocycles. The van der Waals surface area contributed by atoms with Crippen LogP contribution in [0, 0.1) is 0 Å². The molecule has 0 aromatic heterocycles. The van der Waals surface area contributed by atoms with Gasteiger partial charge in [-0.15, -0.1) is 0 Å². The van der Waals surface area contributed by atoms with Crippen LogP contribution in [0.5, 0.6) is 5.75 Å². The van der Waals surface area contributed by atoms with E-state index < -0.39 is 8.32 Å². The third-order valence-corrected chi connectivity index (χ3v) is 9.75. The lowest BCUT2D eigenvalue weighted by atomic mass is 10.1. The molecule has 2 rings (SSSR count). The Morgan fingerprint density at radius 2 is 2.00 bits per heavy atom. The molecule has 2 unspecified atom stereocenters. The van der Waals surface area contributed by atoms with Gasteiger partial charge in [-0.05, 0) is 43.1 Å². The zero-order chi connectivity index (χ0) is 17.8. The lowest BCUT2D eigenvalue weighted by Crippen LogP contribution is -2.44. The highest BCUT2D eigenvalue weighted by atomic mass is 28.4. The van der Waals surface area contributed by atoms with E-state index in [4.69, 9.17) is 13.9 Å². The molecule has 1 N–H and O–H groups in total. The smallest absolute Gasteiger partial charge is 0.192 e. The van der Waals surface area contributed by atoms with E-state index in [9.17, 15) is 0 Å². The molecule has 1 aliphatic rings. The number of nitrogens with one attached hydrogen (secondary N) is 1. The predicted molar refractivity (Wildman–Crippen MR) is 103 cm³/mol. The molecule has 0 spiro atoms. The summed E-state index contributed by atoms with van der Waals surface area (Å²) in [4.78, 5) is 0. The second kappa shape index (κ2) is 7.89. The summed E-state index contributed by atoms with van der Waals surface area (Å²) in [7, 11) is 0.00341. The van der Waals surface area contributed by atoms with Crippen molar-refractivity contribution >= 4 is 14.0 Å². The molecule has 1 fully saturated rings. The Hall–Kier alpha value is -1.04. The van der Waals surface area contributed by atoms with E-state index in [-0.39, 0.29) is 11.1 Å². The number of hydrogen-bond acceptors (Lipinski definition) is 4. The topological polar surface area (TPSA) is 39.7 Å². The van der Waals surface area contributed by atoms with Gasteiger partial charge < -0.3 is 19.2 Å². The summed E-state index contributed by atoms with van der Waals surface area (Å²) in [6.45, 7) is 12.9. The van der Waals surface area contributed by atoms with Gasteiger partial charge in [-0.1, -0.05) is 26.8 Å². The molecule has 1 aromatic carbocycles. The molecule has 0 amide bonds. The van der Waals surface area contributed by atoms with Crippen LogP contribution in [-0.4, -0.2) is 40.8 Å². The maximum absolute atomic E-state index is 6.29. The molecule has 1 aliphatic heterocycles. The van der Waals surface area contributed by atoms with Gasteiger partial charge in [-0.2, -0.15) is 0 Å². The first-order valence-corrected chi connectivity index (χ1v) is 11.8. The number of methoxy groups -OCH3 is 1. The molecule has 0 bridgehead atoms.